The van der Waals surface area contributed by atoms with Crippen LogP contribution < -0.4 is 5.73 Å². The summed E-state index contributed by atoms with van der Waals surface area (Å²) in [4.78, 5) is 12.6. The molecule has 0 aromatic heterocycles. The van der Waals surface area contributed by atoms with Gasteiger partial charge in [-0.3, -0.25) is 0 Å². The van der Waals surface area contributed by atoms with Crippen molar-refractivity contribution < 1.29 is 9.53 Å². The van der Waals surface area contributed by atoms with Crippen molar-refractivity contribution >= 4 is 6.09 Å². The van der Waals surface area contributed by atoms with E-state index in [0.717, 1.165) is 25.7 Å². The van der Waals surface area contributed by atoms with Crippen molar-refractivity contribution in [2.24, 2.45) is 5.73 Å². The van der Waals surface area contributed by atoms with E-state index in [1.54, 1.807) is 14.1 Å². The van der Waals surface area contributed by atoms with Crippen molar-refractivity contribution in [1.82, 2.24) is 4.90 Å². The Hall–Kier alpha value is -0.770. The van der Waals surface area contributed by atoms with Crippen LogP contribution in [0.5, 0.6) is 0 Å². The van der Waals surface area contributed by atoms with Gasteiger partial charge in [0.15, 0.2) is 0 Å². The minimum atomic E-state index is -0.289. The van der Waals surface area contributed by atoms with E-state index in [2.05, 4.69) is 0 Å². The molecule has 2 atom stereocenters. The van der Waals surface area contributed by atoms with Crippen molar-refractivity contribution in [3.63, 3.8) is 0 Å². The second-order valence-corrected chi connectivity index (χ2v) is 3.76. The summed E-state index contributed by atoms with van der Waals surface area (Å²) in [5.74, 6) is 0. The lowest BCUT2D eigenvalue weighted by Crippen LogP contribution is -2.42. The van der Waals surface area contributed by atoms with Crippen LogP contribution in [0.15, 0.2) is 0 Å². The molecule has 0 radical (unpaired) electrons. The summed E-state index contributed by atoms with van der Waals surface area (Å²) in [5.41, 5.74) is 5.83. The van der Waals surface area contributed by atoms with Crippen LogP contribution in [0.3, 0.4) is 0 Å². The summed E-state index contributed by atoms with van der Waals surface area (Å²) >= 11 is 0. The van der Waals surface area contributed by atoms with Gasteiger partial charge in [0.25, 0.3) is 0 Å². The zero-order valence-electron chi connectivity index (χ0n) is 8.32. The Balaban J connectivity index is 2.38. The van der Waals surface area contributed by atoms with Crippen LogP contribution in [0.1, 0.15) is 25.7 Å². The smallest absolute Gasteiger partial charge is 0.409 e. The molecule has 2 N–H and O–H groups in total. The molecule has 0 saturated heterocycles. The Morgan fingerprint density at radius 3 is 2.54 bits per heavy atom. The summed E-state index contributed by atoms with van der Waals surface area (Å²) in [6, 6.07) is 0.0256. The highest BCUT2D eigenvalue weighted by atomic mass is 16.6. The third kappa shape index (κ3) is 2.88. The first kappa shape index (κ1) is 10.3. The zero-order valence-corrected chi connectivity index (χ0v) is 8.32. The van der Waals surface area contributed by atoms with Crippen molar-refractivity contribution in [3.8, 4) is 0 Å². The number of carbonyl (C=O) groups excluding carboxylic acids is 1. The maximum absolute atomic E-state index is 11.2. The molecule has 2 unspecified atom stereocenters. The van der Waals surface area contributed by atoms with Crippen molar-refractivity contribution in [2.75, 3.05) is 14.1 Å². The number of nitrogens with zero attached hydrogens (tertiary/aromatic N) is 1. The lowest BCUT2D eigenvalue weighted by Gasteiger charge is -2.29. The van der Waals surface area contributed by atoms with Gasteiger partial charge in [-0.15, -0.1) is 0 Å². The van der Waals surface area contributed by atoms with Crippen molar-refractivity contribution in [1.29, 1.82) is 0 Å². The topological polar surface area (TPSA) is 55.6 Å². The molecule has 1 fully saturated rings. The molecule has 0 aliphatic heterocycles. The molecule has 0 aromatic rings. The first-order valence-corrected chi connectivity index (χ1v) is 4.75. The predicted octanol–water partition coefficient (Wildman–Crippen LogP) is 0.954. The quantitative estimate of drug-likeness (QED) is 0.663. The molecule has 1 amide bonds. The first-order chi connectivity index (χ1) is 6.11. The van der Waals surface area contributed by atoms with Gasteiger partial charge in [-0.1, -0.05) is 6.42 Å². The molecule has 1 aliphatic rings. The average Bonchev–Trinajstić information content (AvgIpc) is 2.08. The minimum absolute atomic E-state index is 0.0256. The Morgan fingerprint density at radius 2 is 2.00 bits per heavy atom. The van der Waals surface area contributed by atoms with Crippen LogP contribution in [0.2, 0.25) is 0 Å². The Labute approximate surface area is 79.0 Å². The van der Waals surface area contributed by atoms with Crippen LogP contribution in [0, 0.1) is 0 Å². The highest BCUT2D eigenvalue weighted by Gasteiger charge is 2.25. The Bertz CT molecular complexity index is 182. The monoisotopic (exact) mass is 186 g/mol. The molecule has 1 rings (SSSR count). The van der Waals surface area contributed by atoms with Gasteiger partial charge < -0.3 is 15.4 Å². The number of carbonyl (C=O) groups is 1. The number of ether oxygens (including phenoxy) is 1. The third-order valence-electron chi connectivity index (χ3n) is 2.37. The summed E-state index contributed by atoms with van der Waals surface area (Å²) < 4.78 is 5.23. The van der Waals surface area contributed by atoms with E-state index in [1.807, 2.05) is 0 Å². The summed E-state index contributed by atoms with van der Waals surface area (Å²) in [5, 5.41) is 0. The fraction of sp³-hybridized carbons (Fsp3) is 0.889. The van der Waals surface area contributed by atoms with Crippen LogP contribution in [-0.4, -0.2) is 37.2 Å². The molecule has 0 heterocycles. The maximum atomic E-state index is 11.2. The lowest BCUT2D eigenvalue weighted by atomic mass is 9.93. The molecular formula is C9H18N2O2. The predicted molar refractivity (Wildman–Crippen MR) is 50.4 cm³/mol. The van der Waals surface area contributed by atoms with Gasteiger partial charge >= 0.3 is 6.09 Å². The van der Waals surface area contributed by atoms with Crippen LogP contribution >= 0.6 is 0 Å². The maximum Gasteiger partial charge on any atom is 0.409 e. The number of rotatable bonds is 1. The van der Waals surface area contributed by atoms with Crippen LogP contribution in [0.25, 0.3) is 0 Å². The molecule has 76 valence electrons. The van der Waals surface area contributed by atoms with Gasteiger partial charge in [0, 0.05) is 20.1 Å². The van der Waals surface area contributed by atoms with E-state index < -0.39 is 0 Å². The molecule has 1 aliphatic carbocycles. The average molecular weight is 186 g/mol. The highest BCUT2D eigenvalue weighted by molar-refractivity contribution is 5.67. The molecule has 13 heavy (non-hydrogen) atoms. The fourth-order valence-corrected chi connectivity index (χ4v) is 1.51. The largest absolute Gasteiger partial charge is 0.444 e. The Kier molecular flexibility index (Phi) is 3.54. The summed E-state index contributed by atoms with van der Waals surface area (Å²) in [6.45, 7) is 0. The number of amides is 1. The minimum Gasteiger partial charge on any atom is -0.444 e. The standard InChI is InChI=1S/C9H18N2O2/c1-11(2)9(12)13-8-6-4-3-5-7(8)10/h7-8H,3-6,10H2,1-2H3. The van der Waals surface area contributed by atoms with Crippen LogP contribution in [0.4, 0.5) is 4.79 Å². The van der Waals surface area contributed by atoms with Crippen molar-refractivity contribution in [2.45, 2.75) is 37.8 Å². The molecule has 1 saturated carbocycles. The molecule has 0 aromatic carbocycles. The molecule has 0 bridgehead atoms. The van der Waals surface area contributed by atoms with Gasteiger partial charge in [-0.25, -0.2) is 4.79 Å². The van der Waals surface area contributed by atoms with Gasteiger partial charge in [0.1, 0.15) is 6.10 Å². The van der Waals surface area contributed by atoms with Crippen LogP contribution in [-0.2, 0) is 4.74 Å². The Morgan fingerprint density at radius 1 is 1.38 bits per heavy atom. The number of nitrogens with two attached hydrogens (primary N) is 1. The number of hydrogen-bond donors (Lipinski definition) is 1. The highest BCUT2D eigenvalue weighted by Crippen LogP contribution is 2.20. The van der Waals surface area contributed by atoms with Gasteiger partial charge in [-0.2, -0.15) is 0 Å². The van der Waals surface area contributed by atoms with Gasteiger partial charge in [0.2, 0.25) is 0 Å². The normalized spacial score (nSPS) is 28.2. The number of hydrogen-bond acceptors (Lipinski definition) is 3. The van der Waals surface area contributed by atoms with E-state index >= 15 is 0 Å². The molecule has 4 nitrogen and oxygen atoms in total. The second-order valence-electron chi connectivity index (χ2n) is 3.76. The molecule has 4 heteroatoms. The van der Waals surface area contributed by atoms with E-state index in [1.165, 1.54) is 4.90 Å². The fourth-order valence-electron chi connectivity index (χ4n) is 1.51. The molecular weight excluding hydrogens is 168 g/mol. The SMILES string of the molecule is CN(C)C(=O)OC1CCCCC1N. The zero-order chi connectivity index (χ0) is 9.84. The van der Waals surface area contributed by atoms with E-state index in [4.69, 9.17) is 10.5 Å². The van der Waals surface area contributed by atoms with Gasteiger partial charge in [0.05, 0.1) is 0 Å². The van der Waals surface area contributed by atoms with Crippen molar-refractivity contribution in [3.05, 3.63) is 0 Å². The summed E-state index contributed by atoms with van der Waals surface area (Å²) in [7, 11) is 3.35. The van der Waals surface area contributed by atoms with E-state index in [-0.39, 0.29) is 18.2 Å². The van der Waals surface area contributed by atoms with Gasteiger partial charge in [-0.05, 0) is 19.3 Å². The third-order valence-corrected chi connectivity index (χ3v) is 2.37. The first-order valence-electron chi connectivity index (χ1n) is 4.75. The second kappa shape index (κ2) is 4.46. The molecule has 0 spiro atoms. The summed E-state index contributed by atoms with van der Waals surface area (Å²) in [6.07, 6.45) is 3.76. The van der Waals surface area contributed by atoms with E-state index in [0.29, 0.717) is 0 Å². The van der Waals surface area contributed by atoms with E-state index in [9.17, 15) is 4.79 Å². The lowest BCUT2D eigenvalue weighted by molar-refractivity contribution is 0.0449.